The van der Waals surface area contributed by atoms with Gasteiger partial charge in [-0.05, 0) is 12.0 Å². The summed E-state index contributed by atoms with van der Waals surface area (Å²) >= 11 is 0. The van der Waals surface area contributed by atoms with Crippen LogP contribution in [-0.2, 0) is 4.79 Å². The lowest BCUT2D eigenvalue weighted by Crippen LogP contribution is -2.33. The predicted octanol–water partition coefficient (Wildman–Crippen LogP) is 1.27. The van der Waals surface area contributed by atoms with Crippen LogP contribution in [0.1, 0.15) is 24.4 Å². The zero-order valence-corrected chi connectivity index (χ0v) is 8.02. The van der Waals surface area contributed by atoms with E-state index in [1.165, 1.54) is 5.56 Å². The number of benzene rings is 1. The van der Waals surface area contributed by atoms with E-state index in [0.29, 0.717) is 13.1 Å². The van der Waals surface area contributed by atoms with Crippen molar-refractivity contribution in [2.45, 2.75) is 18.9 Å². The summed E-state index contributed by atoms with van der Waals surface area (Å²) in [5.74, 6) is 0.168. The van der Waals surface area contributed by atoms with E-state index in [9.17, 15) is 4.79 Å². The van der Waals surface area contributed by atoms with E-state index in [1.54, 1.807) is 4.90 Å². The minimum Gasteiger partial charge on any atom is -0.323 e. The Hall–Kier alpha value is -1.35. The summed E-state index contributed by atoms with van der Waals surface area (Å²) in [6.07, 6.45) is 1.51. The van der Waals surface area contributed by atoms with Crippen molar-refractivity contribution >= 4 is 5.91 Å². The van der Waals surface area contributed by atoms with Gasteiger partial charge in [-0.1, -0.05) is 30.3 Å². The van der Waals surface area contributed by atoms with Gasteiger partial charge in [-0.25, -0.2) is 0 Å². The Morgan fingerprint density at radius 3 is 2.71 bits per heavy atom. The molecule has 3 heteroatoms. The number of rotatable bonds is 2. The summed E-state index contributed by atoms with van der Waals surface area (Å²) in [4.78, 5) is 13.2. The summed E-state index contributed by atoms with van der Waals surface area (Å²) in [7, 11) is 0. The third-order valence-electron chi connectivity index (χ3n) is 2.71. The summed E-state index contributed by atoms with van der Waals surface area (Å²) in [6, 6.07) is 10.2. The van der Waals surface area contributed by atoms with E-state index in [2.05, 4.69) is 0 Å². The lowest BCUT2D eigenvalue weighted by atomic mass is 10.1. The van der Waals surface area contributed by atoms with E-state index >= 15 is 0 Å². The first kappa shape index (κ1) is 9.21. The number of likely N-dealkylation sites (tertiary alicyclic amines) is 1. The molecule has 0 aromatic heterocycles. The molecule has 1 aliphatic rings. The van der Waals surface area contributed by atoms with Crippen molar-refractivity contribution < 1.29 is 4.79 Å². The fourth-order valence-electron chi connectivity index (χ4n) is 1.98. The normalized spacial score (nSPS) is 21.6. The minimum absolute atomic E-state index is 0.168. The Morgan fingerprint density at radius 1 is 1.36 bits per heavy atom. The number of nitrogens with zero attached hydrogens (tertiary/aromatic N) is 1. The Balaban J connectivity index is 2.23. The standard InChI is InChI=1S/C11H14N2O/c12-8-13-10(6-7-11(13)14)9-4-2-1-3-5-9/h1-5,10H,6-8,12H2. The molecule has 2 rings (SSSR count). The Kier molecular flexibility index (Phi) is 2.50. The summed E-state index contributed by atoms with van der Waals surface area (Å²) in [5, 5.41) is 0. The molecule has 1 saturated heterocycles. The van der Waals surface area contributed by atoms with Gasteiger partial charge in [0.1, 0.15) is 0 Å². The van der Waals surface area contributed by atoms with E-state index in [-0.39, 0.29) is 11.9 Å². The van der Waals surface area contributed by atoms with E-state index in [1.807, 2.05) is 30.3 Å². The number of carbonyl (C=O) groups is 1. The molecule has 1 fully saturated rings. The van der Waals surface area contributed by atoms with Crippen molar-refractivity contribution in [3.05, 3.63) is 35.9 Å². The first-order chi connectivity index (χ1) is 6.83. The van der Waals surface area contributed by atoms with Gasteiger partial charge in [-0.2, -0.15) is 0 Å². The molecule has 14 heavy (non-hydrogen) atoms. The highest BCUT2D eigenvalue weighted by atomic mass is 16.2. The van der Waals surface area contributed by atoms with E-state index in [0.717, 1.165) is 6.42 Å². The molecule has 3 nitrogen and oxygen atoms in total. The molecule has 1 amide bonds. The highest BCUT2D eigenvalue weighted by molar-refractivity contribution is 5.79. The maximum atomic E-state index is 11.4. The number of nitrogens with two attached hydrogens (primary N) is 1. The Bertz CT molecular complexity index is 323. The van der Waals surface area contributed by atoms with Gasteiger partial charge >= 0.3 is 0 Å². The van der Waals surface area contributed by atoms with Crippen LogP contribution in [0.3, 0.4) is 0 Å². The van der Waals surface area contributed by atoms with Gasteiger partial charge in [0.25, 0.3) is 0 Å². The first-order valence-corrected chi connectivity index (χ1v) is 4.87. The van der Waals surface area contributed by atoms with Crippen LogP contribution in [0, 0.1) is 0 Å². The van der Waals surface area contributed by atoms with Gasteiger partial charge in [0.2, 0.25) is 5.91 Å². The monoisotopic (exact) mass is 190 g/mol. The molecule has 0 radical (unpaired) electrons. The lowest BCUT2D eigenvalue weighted by molar-refractivity contribution is -0.128. The first-order valence-electron chi connectivity index (χ1n) is 4.87. The highest BCUT2D eigenvalue weighted by Gasteiger charge is 2.30. The second kappa shape index (κ2) is 3.80. The quantitative estimate of drug-likeness (QED) is 0.763. The maximum absolute atomic E-state index is 11.4. The number of hydrogen-bond donors (Lipinski definition) is 1. The van der Waals surface area contributed by atoms with Crippen molar-refractivity contribution in [3.8, 4) is 0 Å². The highest BCUT2D eigenvalue weighted by Crippen LogP contribution is 2.31. The minimum atomic E-state index is 0.168. The third-order valence-corrected chi connectivity index (χ3v) is 2.71. The molecule has 0 aliphatic carbocycles. The van der Waals surface area contributed by atoms with Gasteiger partial charge in [0.05, 0.1) is 12.7 Å². The number of carbonyl (C=O) groups excluding carboxylic acids is 1. The second-order valence-corrected chi connectivity index (χ2v) is 3.51. The van der Waals surface area contributed by atoms with E-state index in [4.69, 9.17) is 5.73 Å². The largest absolute Gasteiger partial charge is 0.323 e. The molecular weight excluding hydrogens is 176 g/mol. The average molecular weight is 190 g/mol. The zero-order chi connectivity index (χ0) is 9.97. The van der Waals surface area contributed by atoms with Crippen LogP contribution in [0.5, 0.6) is 0 Å². The van der Waals surface area contributed by atoms with Crippen LogP contribution < -0.4 is 5.73 Å². The number of amides is 1. The fraction of sp³-hybridized carbons (Fsp3) is 0.364. The summed E-state index contributed by atoms with van der Waals surface area (Å²) < 4.78 is 0. The molecule has 74 valence electrons. The molecule has 0 bridgehead atoms. The average Bonchev–Trinajstić information content (AvgIpc) is 2.61. The SMILES string of the molecule is NCN1C(=O)CCC1c1ccccc1. The molecule has 2 N–H and O–H groups in total. The van der Waals surface area contributed by atoms with Crippen LogP contribution in [0.4, 0.5) is 0 Å². The predicted molar refractivity (Wildman–Crippen MR) is 54.3 cm³/mol. The van der Waals surface area contributed by atoms with Crippen LogP contribution in [0.25, 0.3) is 0 Å². The lowest BCUT2D eigenvalue weighted by Gasteiger charge is -2.23. The van der Waals surface area contributed by atoms with Crippen molar-refractivity contribution in [1.82, 2.24) is 4.90 Å². The molecule has 0 spiro atoms. The van der Waals surface area contributed by atoms with Crippen LogP contribution in [-0.4, -0.2) is 17.5 Å². The topological polar surface area (TPSA) is 46.3 Å². The molecule has 0 saturated carbocycles. The maximum Gasteiger partial charge on any atom is 0.224 e. The van der Waals surface area contributed by atoms with Gasteiger partial charge in [-0.15, -0.1) is 0 Å². The third kappa shape index (κ3) is 1.51. The van der Waals surface area contributed by atoms with Crippen molar-refractivity contribution in [2.75, 3.05) is 6.67 Å². The fourth-order valence-corrected chi connectivity index (χ4v) is 1.98. The van der Waals surface area contributed by atoms with Gasteiger partial charge < -0.3 is 10.6 Å². The van der Waals surface area contributed by atoms with Crippen molar-refractivity contribution in [1.29, 1.82) is 0 Å². The molecule has 1 aliphatic heterocycles. The zero-order valence-electron chi connectivity index (χ0n) is 8.02. The smallest absolute Gasteiger partial charge is 0.224 e. The van der Waals surface area contributed by atoms with Crippen LogP contribution >= 0.6 is 0 Å². The Labute approximate surface area is 83.5 Å². The number of hydrogen-bond acceptors (Lipinski definition) is 2. The summed E-state index contributed by atoms with van der Waals surface area (Å²) in [5.41, 5.74) is 6.74. The van der Waals surface area contributed by atoms with Crippen LogP contribution in [0.15, 0.2) is 30.3 Å². The summed E-state index contributed by atoms with van der Waals surface area (Å²) in [6.45, 7) is 0.318. The molecular formula is C11H14N2O. The van der Waals surface area contributed by atoms with Gasteiger partial charge in [-0.3, -0.25) is 4.79 Å². The van der Waals surface area contributed by atoms with Gasteiger partial charge in [0, 0.05) is 6.42 Å². The molecule has 1 aromatic rings. The van der Waals surface area contributed by atoms with Gasteiger partial charge in [0.15, 0.2) is 0 Å². The molecule has 1 atom stereocenters. The van der Waals surface area contributed by atoms with E-state index < -0.39 is 0 Å². The molecule has 1 aromatic carbocycles. The van der Waals surface area contributed by atoms with Crippen molar-refractivity contribution in [2.24, 2.45) is 5.73 Å². The van der Waals surface area contributed by atoms with Crippen molar-refractivity contribution in [3.63, 3.8) is 0 Å². The van der Waals surface area contributed by atoms with Crippen LogP contribution in [0.2, 0.25) is 0 Å². The second-order valence-electron chi connectivity index (χ2n) is 3.51. The Morgan fingerprint density at radius 2 is 2.07 bits per heavy atom. The molecule has 1 heterocycles. The molecule has 1 unspecified atom stereocenters.